The molecule has 0 N–H and O–H groups in total. The Hall–Kier alpha value is -0.670. The van der Waals surface area contributed by atoms with Gasteiger partial charge < -0.3 is 0 Å². The van der Waals surface area contributed by atoms with Crippen LogP contribution in [0, 0.1) is 0 Å². The minimum Gasteiger partial charge on any atom is -0.235 e. The maximum Gasteiger partial charge on any atom is 0.150 e. The lowest BCUT2D eigenvalue weighted by Crippen LogP contribution is -1.82. The van der Waals surface area contributed by atoms with Gasteiger partial charge in [0, 0.05) is 4.88 Å². The maximum absolute atomic E-state index is 5.98. The Morgan fingerprint density at radius 2 is 2.23 bits per heavy atom. The van der Waals surface area contributed by atoms with Crippen molar-refractivity contribution in [1.29, 1.82) is 0 Å². The molecule has 0 atom stereocenters. The first-order valence-electron chi connectivity index (χ1n) is 4.27. The maximum atomic E-state index is 5.98. The second-order valence-electron chi connectivity index (χ2n) is 3.20. The van der Waals surface area contributed by atoms with Crippen LogP contribution >= 0.6 is 22.9 Å². The van der Waals surface area contributed by atoms with Crippen molar-refractivity contribution in [2.24, 2.45) is 0 Å². The number of aromatic nitrogens is 2. The second-order valence-corrected chi connectivity index (χ2v) is 4.66. The highest BCUT2D eigenvalue weighted by molar-refractivity contribution is 7.19. The second kappa shape index (κ2) is 2.66. The van der Waals surface area contributed by atoms with Crippen molar-refractivity contribution in [3.8, 4) is 0 Å². The van der Waals surface area contributed by atoms with Gasteiger partial charge in [0.25, 0.3) is 0 Å². The fourth-order valence-corrected chi connectivity index (χ4v) is 3.33. The normalized spacial score (nSPS) is 15.2. The Labute approximate surface area is 84.6 Å². The van der Waals surface area contributed by atoms with Crippen LogP contribution in [0.1, 0.15) is 16.9 Å². The van der Waals surface area contributed by atoms with E-state index in [2.05, 4.69) is 9.97 Å². The first-order valence-corrected chi connectivity index (χ1v) is 5.46. The van der Waals surface area contributed by atoms with E-state index in [0.717, 1.165) is 16.6 Å². The van der Waals surface area contributed by atoms with Gasteiger partial charge in [0.2, 0.25) is 0 Å². The lowest BCUT2D eigenvalue weighted by Gasteiger charge is -1.92. The van der Waals surface area contributed by atoms with Crippen molar-refractivity contribution in [3.63, 3.8) is 0 Å². The van der Waals surface area contributed by atoms with Gasteiger partial charge in [-0.15, -0.1) is 11.3 Å². The van der Waals surface area contributed by atoms with E-state index in [0.29, 0.717) is 5.15 Å². The molecule has 0 aliphatic heterocycles. The molecule has 0 fully saturated rings. The molecule has 0 bridgehead atoms. The zero-order chi connectivity index (χ0) is 8.84. The lowest BCUT2D eigenvalue weighted by atomic mass is 10.2. The van der Waals surface area contributed by atoms with E-state index in [-0.39, 0.29) is 0 Å². The predicted octanol–water partition coefficient (Wildman–Crippen LogP) is 2.83. The molecule has 2 aromatic heterocycles. The first kappa shape index (κ1) is 7.71. The van der Waals surface area contributed by atoms with Crippen molar-refractivity contribution in [2.75, 3.05) is 0 Å². The third-order valence-corrected chi connectivity index (χ3v) is 4.13. The van der Waals surface area contributed by atoms with E-state index < -0.39 is 0 Å². The Bertz CT molecular complexity index is 478. The van der Waals surface area contributed by atoms with Crippen LogP contribution in [-0.4, -0.2) is 9.97 Å². The third kappa shape index (κ3) is 1.00. The van der Waals surface area contributed by atoms with Crippen LogP contribution in [0.5, 0.6) is 0 Å². The summed E-state index contributed by atoms with van der Waals surface area (Å²) >= 11 is 7.74. The SMILES string of the molecule is Clc1ncnc2c3c(sc12)CCC3. The Morgan fingerprint density at radius 1 is 1.31 bits per heavy atom. The minimum atomic E-state index is 0.601. The highest BCUT2D eigenvalue weighted by Gasteiger charge is 2.19. The van der Waals surface area contributed by atoms with E-state index in [9.17, 15) is 0 Å². The average Bonchev–Trinajstić information content (AvgIpc) is 2.65. The summed E-state index contributed by atoms with van der Waals surface area (Å²) in [6.45, 7) is 0. The fraction of sp³-hybridized carbons (Fsp3) is 0.333. The topological polar surface area (TPSA) is 25.8 Å². The molecule has 0 spiro atoms. The fourth-order valence-electron chi connectivity index (χ4n) is 1.86. The van der Waals surface area contributed by atoms with Crippen molar-refractivity contribution in [3.05, 3.63) is 21.9 Å². The smallest absolute Gasteiger partial charge is 0.150 e. The number of hydrogen-bond acceptors (Lipinski definition) is 3. The molecule has 66 valence electrons. The van der Waals surface area contributed by atoms with Gasteiger partial charge in [-0.3, -0.25) is 0 Å². The van der Waals surface area contributed by atoms with Gasteiger partial charge in [0.15, 0.2) is 0 Å². The summed E-state index contributed by atoms with van der Waals surface area (Å²) in [7, 11) is 0. The monoisotopic (exact) mass is 210 g/mol. The molecular weight excluding hydrogens is 204 g/mol. The zero-order valence-electron chi connectivity index (χ0n) is 6.88. The minimum absolute atomic E-state index is 0.601. The summed E-state index contributed by atoms with van der Waals surface area (Å²) in [5.41, 5.74) is 2.49. The van der Waals surface area contributed by atoms with Crippen LogP contribution in [0.25, 0.3) is 10.2 Å². The molecular formula is C9H7ClN2S. The van der Waals surface area contributed by atoms with E-state index >= 15 is 0 Å². The molecule has 0 saturated heterocycles. The molecule has 2 heterocycles. The van der Waals surface area contributed by atoms with Gasteiger partial charge in [-0.1, -0.05) is 11.6 Å². The van der Waals surface area contributed by atoms with Crippen LogP contribution < -0.4 is 0 Å². The molecule has 2 aromatic rings. The molecule has 0 aromatic carbocycles. The van der Waals surface area contributed by atoms with Crippen molar-refractivity contribution in [2.45, 2.75) is 19.3 Å². The molecule has 1 aliphatic carbocycles. The van der Waals surface area contributed by atoms with Crippen molar-refractivity contribution < 1.29 is 0 Å². The zero-order valence-corrected chi connectivity index (χ0v) is 8.45. The summed E-state index contributed by atoms with van der Waals surface area (Å²) < 4.78 is 1.06. The van der Waals surface area contributed by atoms with Gasteiger partial charge in [-0.2, -0.15) is 0 Å². The summed E-state index contributed by atoms with van der Waals surface area (Å²) in [6, 6.07) is 0. The Morgan fingerprint density at radius 3 is 3.15 bits per heavy atom. The standard InChI is InChI=1S/C9H7ClN2S/c10-9-8-7(11-4-12-9)5-2-1-3-6(5)13-8/h4H,1-3H2. The van der Waals surface area contributed by atoms with Crippen LogP contribution in [0.4, 0.5) is 0 Å². The number of rotatable bonds is 0. The number of hydrogen-bond donors (Lipinski definition) is 0. The summed E-state index contributed by atoms with van der Waals surface area (Å²) in [6.07, 6.45) is 5.16. The van der Waals surface area contributed by atoms with Gasteiger partial charge >= 0.3 is 0 Å². The molecule has 0 unspecified atom stereocenters. The summed E-state index contributed by atoms with van der Waals surface area (Å²) in [5, 5.41) is 0.601. The molecule has 0 amide bonds. The lowest BCUT2D eigenvalue weighted by molar-refractivity contribution is 0.916. The third-order valence-electron chi connectivity index (χ3n) is 2.44. The molecule has 0 saturated carbocycles. The van der Waals surface area contributed by atoms with E-state index in [1.54, 1.807) is 17.7 Å². The molecule has 4 heteroatoms. The Balaban J connectivity index is 2.44. The summed E-state index contributed by atoms with van der Waals surface area (Å²) in [5.74, 6) is 0. The van der Waals surface area contributed by atoms with E-state index in [1.807, 2.05) is 0 Å². The number of thiophene rings is 1. The highest BCUT2D eigenvalue weighted by atomic mass is 35.5. The van der Waals surface area contributed by atoms with Crippen LogP contribution in [-0.2, 0) is 12.8 Å². The largest absolute Gasteiger partial charge is 0.235 e. The first-order chi connectivity index (χ1) is 6.36. The van der Waals surface area contributed by atoms with Crippen LogP contribution in [0.15, 0.2) is 6.33 Å². The molecule has 13 heavy (non-hydrogen) atoms. The number of aryl methyl sites for hydroxylation is 2. The number of nitrogens with zero attached hydrogens (tertiary/aromatic N) is 2. The van der Waals surface area contributed by atoms with Crippen LogP contribution in [0.2, 0.25) is 5.15 Å². The van der Waals surface area contributed by atoms with E-state index in [1.165, 1.54) is 23.3 Å². The van der Waals surface area contributed by atoms with Crippen LogP contribution in [0.3, 0.4) is 0 Å². The van der Waals surface area contributed by atoms with Gasteiger partial charge in [-0.05, 0) is 24.8 Å². The van der Waals surface area contributed by atoms with Crippen molar-refractivity contribution in [1.82, 2.24) is 9.97 Å². The number of fused-ring (bicyclic) bond motifs is 3. The predicted molar refractivity (Wildman–Crippen MR) is 54.5 cm³/mol. The average molecular weight is 211 g/mol. The van der Waals surface area contributed by atoms with Gasteiger partial charge in [0.1, 0.15) is 11.5 Å². The van der Waals surface area contributed by atoms with E-state index in [4.69, 9.17) is 11.6 Å². The summed E-state index contributed by atoms with van der Waals surface area (Å²) in [4.78, 5) is 9.73. The Kier molecular flexibility index (Phi) is 1.58. The quantitative estimate of drug-likeness (QED) is 0.625. The van der Waals surface area contributed by atoms with Gasteiger partial charge in [0.05, 0.1) is 10.2 Å². The molecule has 0 radical (unpaired) electrons. The molecule has 2 nitrogen and oxygen atoms in total. The van der Waals surface area contributed by atoms with Crippen molar-refractivity contribution >= 4 is 33.2 Å². The molecule has 1 aliphatic rings. The molecule has 3 rings (SSSR count). The van der Waals surface area contributed by atoms with Gasteiger partial charge in [-0.25, -0.2) is 9.97 Å². The number of halogens is 1. The highest BCUT2D eigenvalue weighted by Crippen LogP contribution is 2.38.